The molecule has 1 aliphatic carbocycles. The highest BCUT2D eigenvalue weighted by Crippen LogP contribution is 2.56. The molecule has 33 heavy (non-hydrogen) atoms. The van der Waals surface area contributed by atoms with Crippen LogP contribution in [0.1, 0.15) is 55.0 Å². The zero-order valence-electron chi connectivity index (χ0n) is 18.7. The summed E-state index contributed by atoms with van der Waals surface area (Å²) in [7, 11) is 1.32. The third-order valence-electron chi connectivity index (χ3n) is 6.86. The van der Waals surface area contributed by atoms with Gasteiger partial charge in [-0.1, -0.05) is 30.3 Å². The molecule has 2 fully saturated rings. The van der Waals surface area contributed by atoms with E-state index in [0.29, 0.717) is 24.9 Å². The summed E-state index contributed by atoms with van der Waals surface area (Å²) in [4.78, 5) is 37.1. The fourth-order valence-corrected chi connectivity index (χ4v) is 4.97. The molecule has 1 spiro atoms. The van der Waals surface area contributed by atoms with Gasteiger partial charge in [0, 0.05) is 31.0 Å². The first-order valence-electron chi connectivity index (χ1n) is 11.4. The quantitative estimate of drug-likeness (QED) is 0.690. The van der Waals surface area contributed by atoms with E-state index >= 15 is 0 Å². The zero-order valence-corrected chi connectivity index (χ0v) is 18.7. The van der Waals surface area contributed by atoms with Crippen LogP contribution in [-0.4, -0.2) is 53.3 Å². The van der Waals surface area contributed by atoms with Crippen LogP contribution < -0.4 is 5.32 Å². The summed E-state index contributed by atoms with van der Waals surface area (Å²) < 4.78 is 16.2. The molecule has 2 aromatic rings. The normalized spacial score (nSPS) is 21.2. The molecule has 1 N–H and O–H groups in total. The van der Waals surface area contributed by atoms with Crippen molar-refractivity contribution in [1.82, 2.24) is 14.9 Å². The van der Waals surface area contributed by atoms with Gasteiger partial charge >= 0.3 is 12.1 Å². The molecule has 0 radical (unpaired) electrons. The van der Waals surface area contributed by atoms with E-state index in [1.807, 2.05) is 30.3 Å². The summed E-state index contributed by atoms with van der Waals surface area (Å²) in [6.45, 7) is 1.51. The van der Waals surface area contributed by atoms with Crippen molar-refractivity contribution in [2.75, 3.05) is 25.6 Å². The maximum Gasteiger partial charge on any atom is 0.411 e. The van der Waals surface area contributed by atoms with Crippen LogP contribution >= 0.6 is 0 Å². The van der Waals surface area contributed by atoms with Crippen LogP contribution in [-0.2, 0) is 31.2 Å². The van der Waals surface area contributed by atoms with Gasteiger partial charge in [0.25, 0.3) is 0 Å². The number of nitrogens with zero attached hydrogens (tertiary/aromatic N) is 3. The lowest BCUT2D eigenvalue weighted by Gasteiger charge is -2.46. The largest absolute Gasteiger partial charge is 0.467 e. The lowest BCUT2D eigenvalue weighted by Crippen LogP contribution is -2.52. The first kappa shape index (κ1) is 21.6. The van der Waals surface area contributed by atoms with Crippen molar-refractivity contribution in [2.45, 2.75) is 56.3 Å². The Kier molecular flexibility index (Phi) is 5.88. The Morgan fingerprint density at radius 1 is 1.21 bits per heavy atom. The van der Waals surface area contributed by atoms with Gasteiger partial charge in [0.15, 0.2) is 6.04 Å². The van der Waals surface area contributed by atoms with Crippen molar-refractivity contribution < 1.29 is 23.8 Å². The molecule has 1 unspecified atom stereocenters. The van der Waals surface area contributed by atoms with Gasteiger partial charge in [-0.2, -0.15) is 0 Å². The van der Waals surface area contributed by atoms with Crippen LogP contribution in [0.2, 0.25) is 0 Å². The molecule has 1 saturated carbocycles. The van der Waals surface area contributed by atoms with Gasteiger partial charge in [0.2, 0.25) is 5.95 Å². The first-order valence-corrected chi connectivity index (χ1v) is 11.4. The number of ether oxygens (including phenoxy) is 3. The third-order valence-corrected chi connectivity index (χ3v) is 6.86. The molecular weight excluding hydrogens is 424 g/mol. The lowest BCUT2D eigenvalue weighted by atomic mass is 9.73. The topological polar surface area (TPSA) is 103 Å². The van der Waals surface area contributed by atoms with E-state index in [-0.39, 0.29) is 12.6 Å². The van der Waals surface area contributed by atoms with E-state index in [2.05, 4.69) is 10.3 Å². The third kappa shape index (κ3) is 3.90. The molecule has 174 valence electrons. The molecule has 3 aliphatic rings. The monoisotopic (exact) mass is 452 g/mol. The molecule has 1 aromatic carbocycles. The van der Waals surface area contributed by atoms with E-state index in [0.717, 1.165) is 43.2 Å². The molecular formula is C24H28N4O5. The Balaban J connectivity index is 1.44. The maximum atomic E-state index is 13.3. The van der Waals surface area contributed by atoms with Gasteiger partial charge in [-0.3, -0.25) is 4.90 Å². The van der Waals surface area contributed by atoms with Gasteiger partial charge in [-0.25, -0.2) is 19.6 Å². The fraction of sp³-hybridized carbons (Fsp3) is 0.500. The molecule has 1 saturated heterocycles. The number of aromatic nitrogens is 2. The Morgan fingerprint density at radius 2 is 1.97 bits per heavy atom. The summed E-state index contributed by atoms with van der Waals surface area (Å²) in [5.41, 5.74) is 1.56. The Bertz CT molecular complexity index is 1020. The van der Waals surface area contributed by atoms with Gasteiger partial charge in [0.1, 0.15) is 6.61 Å². The number of amides is 1. The fourth-order valence-electron chi connectivity index (χ4n) is 4.97. The predicted molar refractivity (Wildman–Crippen MR) is 118 cm³/mol. The number of nitrogens with one attached hydrogen (secondary N) is 1. The molecule has 2 aliphatic heterocycles. The van der Waals surface area contributed by atoms with Gasteiger partial charge in [0.05, 0.1) is 18.3 Å². The molecule has 3 heterocycles. The van der Waals surface area contributed by atoms with Crippen molar-refractivity contribution in [3.8, 4) is 0 Å². The van der Waals surface area contributed by atoms with Crippen LogP contribution in [0.25, 0.3) is 0 Å². The second-order valence-electron chi connectivity index (χ2n) is 8.74. The highest BCUT2D eigenvalue weighted by Gasteiger charge is 2.60. The number of rotatable bonds is 5. The summed E-state index contributed by atoms with van der Waals surface area (Å²) >= 11 is 0. The van der Waals surface area contributed by atoms with Gasteiger partial charge in [-0.15, -0.1) is 0 Å². The van der Waals surface area contributed by atoms with Crippen LogP contribution in [0.3, 0.4) is 0 Å². The van der Waals surface area contributed by atoms with Crippen molar-refractivity contribution in [2.24, 2.45) is 0 Å². The average molecular weight is 453 g/mol. The number of carbonyl (C=O) groups is 2. The van der Waals surface area contributed by atoms with Crippen LogP contribution in [0.4, 0.5) is 10.7 Å². The molecule has 1 amide bonds. The molecule has 9 nitrogen and oxygen atoms in total. The van der Waals surface area contributed by atoms with Gasteiger partial charge in [-0.05, 0) is 37.7 Å². The number of anilines is 1. The van der Waals surface area contributed by atoms with Crippen molar-refractivity contribution in [1.29, 1.82) is 0 Å². The summed E-state index contributed by atoms with van der Waals surface area (Å²) in [6.07, 6.45) is 5.33. The number of methoxy groups -OCH3 is 1. The number of hydrogen-bond donors (Lipinski definition) is 1. The van der Waals surface area contributed by atoms with E-state index in [1.54, 1.807) is 6.20 Å². The number of benzene rings is 1. The smallest absolute Gasteiger partial charge is 0.411 e. The second-order valence-corrected chi connectivity index (χ2v) is 8.74. The molecule has 0 bridgehead atoms. The highest BCUT2D eigenvalue weighted by molar-refractivity contribution is 5.85. The molecule has 1 aromatic heterocycles. The average Bonchev–Trinajstić information content (AvgIpc) is 3.14. The van der Waals surface area contributed by atoms with Crippen LogP contribution in [0.15, 0.2) is 36.5 Å². The second kappa shape index (κ2) is 8.97. The lowest BCUT2D eigenvalue weighted by molar-refractivity contribution is -0.149. The summed E-state index contributed by atoms with van der Waals surface area (Å²) in [5.74, 6) is -0.0871. The van der Waals surface area contributed by atoms with E-state index in [4.69, 9.17) is 19.2 Å². The minimum Gasteiger partial charge on any atom is -0.467 e. The minimum atomic E-state index is -0.966. The summed E-state index contributed by atoms with van der Waals surface area (Å²) in [6, 6.07) is 8.71. The predicted octanol–water partition coefficient (Wildman–Crippen LogP) is 3.31. The Hall–Kier alpha value is -3.20. The summed E-state index contributed by atoms with van der Waals surface area (Å²) in [5, 5.41) is 3.35. The Morgan fingerprint density at radius 3 is 2.64 bits per heavy atom. The van der Waals surface area contributed by atoms with E-state index < -0.39 is 23.6 Å². The Labute approximate surface area is 192 Å². The SMILES string of the molecule is COC(=O)C1c2nc(NC3CCOCC3)ncc2C2(CCC2)N1C(=O)OCc1ccccc1. The van der Waals surface area contributed by atoms with Gasteiger partial charge < -0.3 is 19.5 Å². The molecule has 1 atom stereocenters. The zero-order chi connectivity index (χ0) is 22.8. The number of fused-ring (bicyclic) bond motifs is 2. The van der Waals surface area contributed by atoms with Crippen LogP contribution in [0.5, 0.6) is 0 Å². The highest BCUT2D eigenvalue weighted by atomic mass is 16.6. The van der Waals surface area contributed by atoms with E-state index in [9.17, 15) is 9.59 Å². The van der Waals surface area contributed by atoms with Crippen molar-refractivity contribution >= 4 is 18.0 Å². The number of esters is 1. The molecule has 9 heteroatoms. The number of hydrogen-bond acceptors (Lipinski definition) is 8. The van der Waals surface area contributed by atoms with Crippen molar-refractivity contribution in [3.05, 3.63) is 53.3 Å². The van der Waals surface area contributed by atoms with E-state index in [1.165, 1.54) is 12.0 Å². The maximum absolute atomic E-state index is 13.3. The standard InChI is InChI=1S/C24H28N4O5/c1-31-21(29)20-19-18(14-25-22(27-19)26-17-8-12-32-13-9-17)24(10-5-11-24)28(20)23(30)33-15-16-6-3-2-4-7-16/h2-4,6-7,14,17,20H,5,8-13,15H2,1H3,(H,25,26,27). The molecule has 5 rings (SSSR count). The van der Waals surface area contributed by atoms with Crippen LogP contribution in [0, 0.1) is 0 Å². The number of carbonyl (C=O) groups excluding carboxylic acids is 2. The van der Waals surface area contributed by atoms with Crippen molar-refractivity contribution in [3.63, 3.8) is 0 Å². The minimum absolute atomic E-state index is 0.124. The first-order chi connectivity index (χ1) is 16.1.